The van der Waals surface area contributed by atoms with Gasteiger partial charge in [0.1, 0.15) is 12.4 Å². The molecule has 1 atom stereocenters. The Morgan fingerprint density at radius 3 is 2.53 bits per heavy atom. The normalized spacial score (nSPS) is 12.1. The molecule has 0 radical (unpaired) electrons. The molecule has 0 fully saturated rings. The molecule has 0 aliphatic carbocycles. The summed E-state index contributed by atoms with van der Waals surface area (Å²) in [4.78, 5) is 10.6. The average Bonchev–Trinajstić information content (AvgIpc) is 2.16. The van der Waals surface area contributed by atoms with Crippen molar-refractivity contribution in [2.75, 3.05) is 6.61 Å². The molecule has 1 aromatic carbocycles. The molecule has 1 rings (SSSR count). The van der Waals surface area contributed by atoms with Crippen molar-refractivity contribution in [1.82, 2.24) is 0 Å². The number of carbonyl (C=O) groups is 1. The quantitative estimate of drug-likeness (QED) is 0.729. The molecule has 0 bridgehead atoms. The minimum absolute atomic E-state index is 0.0245. The summed E-state index contributed by atoms with van der Waals surface area (Å²) in [6.45, 7) is 0.0245. The van der Waals surface area contributed by atoms with Gasteiger partial charge in [0.2, 0.25) is 5.91 Å². The minimum Gasteiger partial charge on any atom is -0.490 e. The summed E-state index contributed by atoms with van der Waals surface area (Å²) >= 11 is 5.30. The molecule has 0 saturated heterocycles. The van der Waals surface area contributed by atoms with E-state index in [2.05, 4.69) is 0 Å². The molecule has 0 aliphatic heterocycles. The highest BCUT2D eigenvalue weighted by atomic mass is 35.5. The van der Waals surface area contributed by atoms with Crippen molar-refractivity contribution in [3.8, 4) is 5.75 Å². The van der Waals surface area contributed by atoms with E-state index in [1.54, 1.807) is 24.3 Å². The van der Waals surface area contributed by atoms with Gasteiger partial charge >= 0.3 is 0 Å². The highest BCUT2D eigenvalue weighted by molar-refractivity contribution is 6.19. The molecule has 1 amide bonds. The Labute approximate surface area is 92.6 Å². The number of carbonyl (C=O) groups excluding carboxylic acids is 1. The van der Waals surface area contributed by atoms with Crippen LogP contribution in [0.1, 0.15) is 5.56 Å². The zero-order valence-electron chi connectivity index (χ0n) is 8.02. The van der Waals surface area contributed by atoms with E-state index in [0.29, 0.717) is 5.75 Å². The van der Waals surface area contributed by atoms with E-state index in [-0.39, 0.29) is 18.9 Å². The third-order valence-corrected chi connectivity index (χ3v) is 1.82. The standard InChI is InChI=1S/C10H12ClNO3/c11-9(13)6-15-8-3-1-7(2-4-8)5-10(12)14/h1-4,9,13H,5-6H2,(H2,12,14)/t9-/m1/s1. The van der Waals surface area contributed by atoms with E-state index >= 15 is 0 Å². The van der Waals surface area contributed by atoms with Crippen LogP contribution >= 0.6 is 11.6 Å². The van der Waals surface area contributed by atoms with Gasteiger partial charge in [0, 0.05) is 0 Å². The highest BCUT2D eigenvalue weighted by Crippen LogP contribution is 2.13. The average molecular weight is 230 g/mol. The molecular formula is C10H12ClNO3. The Balaban J connectivity index is 2.52. The van der Waals surface area contributed by atoms with Crippen LogP contribution < -0.4 is 10.5 Å². The van der Waals surface area contributed by atoms with Crippen molar-refractivity contribution in [2.45, 2.75) is 12.0 Å². The first-order valence-electron chi connectivity index (χ1n) is 4.40. The van der Waals surface area contributed by atoms with Gasteiger partial charge in [-0.15, -0.1) is 0 Å². The number of aliphatic hydroxyl groups is 1. The van der Waals surface area contributed by atoms with Gasteiger partial charge in [-0.3, -0.25) is 4.79 Å². The predicted octanol–water partition coefficient (Wildman–Crippen LogP) is 0.650. The molecule has 0 unspecified atom stereocenters. The zero-order valence-corrected chi connectivity index (χ0v) is 8.78. The Kier molecular flexibility index (Phi) is 4.39. The lowest BCUT2D eigenvalue weighted by Gasteiger charge is -2.07. The largest absolute Gasteiger partial charge is 0.490 e. The zero-order chi connectivity index (χ0) is 11.3. The summed E-state index contributed by atoms with van der Waals surface area (Å²) in [7, 11) is 0. The first-order valence-corrected chi connectivity index (χ1v) is 4.84. The number of halogens is 1. The Morgan fingerprint density at radius 1 is 1.47 bits per heavy atom. The Hall–Kier alpha value is -1.26. The summed E-state index contributed by atoms with van der Waals surface area (Å²) in [6.07, 6.45) is 0.207. The number of hydrogen-bond donors (Lipinski definition) is 2. The van der Waals surface area contributed by atoms with Crippen LogP contribution in [0.25, 0.3) is 0 Å². The molecule has 0 spiro atoms. The number of rotatable bonds is 5. The van der Waals surface area contributed by atoms with Gasteiger partial charge in [0.15, 0.2) is 5.56 Å². The molecule has 0 aliphatic rings. The number of primary amides is 1. The molecular weight excluding hydrogens is 218 g/mol. The molecule has 3 N–H and O–H groups in total. The van der Waals surface area contributed by atoms with Crippen LogP contribution in [-0.4, -0.2) is 23.2 Å². The van der Waals surface area contributed by atoms with Crippen molar-refractivity contribution in [3.05, 3.63) is 29.8 Å². The maximum absolute atomic E-state index is 10.6. The van der Waals surface area contributed by atoms with Crippen molar-refractivity contribution in [3.63, 3.8) is 0 Å². The van der Waals surface area contributed by atoms with Crippen LogP contribution in [0.3, 0.4) is 0 Å². The third kappa shape index (κ3) is 4.67. The number of amides is 1. The fourth-order valence-electron chi connectivity index (χ4n) is 1.07. The number of hydrogen-bond acceptors (Lipinski definition) is 3. The van der Waals surface area contributed by atoms with E-state index in [9.17, 15) is 4.79 Å². The van der Waals surface area contributed by atoms with E-state index < -0.39 is 5.56 Å². The predicted molar refractivity (Wildman–Crippen MR) is 56.7 cm³/mol. The molecule has 0 heterocycles. The minimum atomic E-state index is -1.02. The van der Waals surface area contributed by atoms with Crippen LogP contribution in [-0.2, 0) is 11.2 Å². The number of nitrogens with two attached hydrogens (primary N) is 1. The fourth-order valence-corrected chi connectivity index (χ4v) is 1.13. The second kappa shape index (κ2) is 5.58. The van der Waals surface area contributed by atoms with E-state index in [1.165, 1.54) is 0 Å². The maximum atomic E-state index is 10.6. The van der Waals surface area contributed by atoms with Gasteiger partial charge in [0.05, 0.1) is 6.42 Å². The topological polar surface area (TPSA) is 72.6 Å². The molecule has 5 heteroatoms. The Morgan fingerprint density at radius 2 is 2.07 bits per heavy atom. The van der Waals surface area contributed by atoms with Crippen LogP contribution in [0.15, 0.2) is 24.3 Å². The number of ether oxygens (including phenoxy) is 1. The molecule has 82 valence electrons. The summed E-state index contributed by atoms with van der Waals surface area (Å²) < 4.78 is 5.13. The summed E-state index contributed by atoms with van der Waals surface area (Å²) in [5.74, 6) is 0.211. The molecule has 0 saturated carbocycles. The lowest BCUT2D eigenvalue weighted by atomic mass is 10.1. The van der Waals surface area contributed by atoms with E-state index in [1.807, 2.05) is 0 Å². The van der Waals surface area contributed by atoms with Crippen LogP contribution in [0.5, 0.6) is 5.75 Å². The van der Waals surface area contributed by atoms with Gasteiger partial charge in [-0.1, -0.05) is 23.7 Å². The molecule has 4 nitrogen and oxygen atoms in total. The lowest BCUT2D eigenvalue weighted by Crippen LogP contribution is -2.13. The summed E-state index contributed by atoms with van der Waals surface area (Å²) in [5, 5.41) is 8.77. The van der Waals surface area contributed by atoms with Gasteiger partial charge in [-0.2, -0.15) is 0 Å². The third-order valence-electron chi connectivity index (χ3n) is 1.69. The van der Waals surface area contributed by atoms with E-state index in [0.717, 1.165) is 5.56 Å². The van der Waals surface area contributed by atoms with Crippen LogP contribution in [0, 0.1) is 0 Å². The number of aliphatic hydroxyl groups excluding tert-OH is 1. The second-order valence-corrected chi connectivity index (χ2v) is 3.54. The summed E-state index contributed by atoms with van der Waals surface area (Å²) in [5.41, 5.74) is 4.84. The van der Waals surface area contributed by atoms with Crippen molar-refractivity contribution < 1.29 is 14.6 Å². The van der Waals surface area contributed by atoms with Gasteiger partial charge in [-0.25, -0.2) is 0 Å². The molecule has 0 aromatic heterocycles. The highest BCUT2D eigenvalue weighted by Gasteiger charge is 2.01. The van der Waals surface area contributed by atoms with Gasteiger partial charge < -0.3 is 15.6 Å². The SMILES string of the molecule is NC(=O)Cc1ccc(OC[C@@H](O)Cl)cc1. The molecule has 1 aromatic rings. The maximum Gasteiger partial charge on any atom is 0.221 e. The first kappa shape index (κ1) is 11.8. The van der Waals surface area contributed by atoms with Crippen LogP contribution in [0.4, 0.5) is 0 Å². The van der Waals surface area contributed by atoms with Gasteiger partial charge in [-0.05, 0) is 17.7 Å². The second-order valence-electron chi connectivity index (χ2n) is 3.03. The van der Waals surface area contributed by atoms with Crippen molar-refractivity contribution >= 4 is 17.5 Å². The monoisotopic (exact) mass is 229 g/mol. The van der Waals surface area contributed by atoms with Crippen LogP contribution in [0.2, 0.25) is 0 Å². The van der Waals surface area contributed by atoms with Crippen molar-refractivity contribution in [1.29, 1.82) is 0 Å². The van der Waals surface area contributed by atoms with Crippen molar-refractivity contribution in [2.24, 2.45) is 5.73 Å². The van der Waals surface area contributed by atoms with E-state index in [4.69, 9.17) is 27.2 Å². The molecule has 15 heavy (non-hydrogen) atoms. The lowest BCUT2D eigenvalue weighted by molar-refractivity contribution is -0.117. The summed E-state index contributed by atoms with van der Waals surface area (Å²) in [6, 6.07) is 6.86. The van der Waals surface area contributed by atoms with Gasteiger partial charge in [0.25, 0.3) is 0 Å². The smallest absolute Gasteiger partial charge is 0.221 e. The first-order chi connectivity index (χ1) is 7.08. The fraction of sp³-hybridized carbons (Fsp3) is 0.300. The Bertz CT molecular complexity index is 324. The number of alkyl halides is 1. The number of benzene rings is 1.